The van der Waals surface area contributed by atoms with Crippen LogP contribution in [0.4, 0.5) is 16.0 Å². The molecule has 4 aliphatic rings. The van der Waals surface area contributed by atoms with E-state index in [4.69, 9.17) is 43.8 Å². The number of nitrogens with one attached hydrogen (secondary N) is 1. The van der Waals surface area contributed by atoms with Gasteiger partial charge in [0.15, 0.2) is 29.3 Å². The third kappa shape index (κ3) is 5.68. The molecule has 0 spiro atoms. The molecule has 3 atom stereocenters. The molecule has 2 aliphatic heterocycles. The Bertz CT molecular complexity index is 2090. The van der Waals surface area contributed by atoms with E-state index in [1.807, 2.05) is 29.1 Å². The number of aromatic nitrogens is 6. The summed E-state index contributed by atoms with van der Waals surface area (Å²) in [4.78, 5) is 12.4. The lowest BCUT2D eigenvalue weighted by Gasteiger charge is -2.44. The van der Waals surface area contributed by atoms with Gasteiger partial charge in [0.25, 0.3) is 0 Å². The molecule has 9 rings (SSSR count). The molecule has 5 heterocycles. The van der Waals surface area contributed by atoms with Gasteiger partial charge < -0.3 is 33.9 Å². The number of hydrogen-bond acceptors (Lipinski definition) is 11. The molecule has 1 N–H and O–H groups in total. The van der Waals surface area contributed by atoms with Crippen LogP contribution in [0.5, 0.6) is 17.2 Å². The second-order valence-corrected chi connectivity index (χ2v) is 14.4. The maximum Gasteiger partial charge on any atom is 0.226 e. The summed E-state index contributed by atoms with van der Waals surface area (Å²) < 4.78 is 47.5. The van der Waals surface area contributed by atoms with Gasteiger partial charge in [0.05, 0.1) is 56.3 Å². The average Bonchev–Trinajstić information content (AvgIpc) is 3.53. The van der Waals surface area contributed by atoms with Crippen LogP contribution in [0.1, 0.15) is 56.3 Å². The first-order valence-corrected chi connectivity index (χ1v) is 17.9. The number of hydrogen-bond donors (Lipinski definition) is 1. The molecule has 2 aliphatic carbocycles. The number of piperidine rings is 1. The standard InChI is InChI=1S/C37H43FN8O5/c1-47-26-9-8-23(30(13-26)48-2)17-39-35-41-29-15-31(49-3)28(38)14-27(29)33-42-34(43-46(33)35)37-16-24(37)19-44(22-37)25-18-40-45(20-25)21-36(10-6-11-36)51-32-7-4-5-12-50-32/h8-9,13-15,18,20,24,32H,4-7,10-12,16-17,19,21-22H2,1-3H3,(H,39,41). The first-order chi connectivity index (χ1) is 24.9. The highest BCUT2D eigenvalue weighted by Crippen LogP contribution is 2.59. The zero-order chi connectivity index (χ0) is 34.7. The average molecular weight is 699 g/mol. The van der Waals surface area contributed by atoms with Crippen molar-refractivity contribution in [3.05, 3.63) is 59.9 Å². The zero-order valence-corrected chi connectivity index (χ0v) is 29.2. The van der Waals surface area contributed by atoms with Crippen LogP contribution in [0.2, 0.25) is 0 Å². The fraction of sp³-hybridized carbons (Fsp3) is 0.514. The van der Waals surface area contributed by atoms with Crippen LogP contribution in [0.25, 0.3) is 16.6 Å². The third-order valence-corrected chi connectivity index (χ3v) is 11.3. The summed E-state index contributed by atoms with van der Waals surface area (Å²) in [5.74, 6) is 2.66. The fourth-order valence-electron chi connectivity index (χ4n) is 8.15. The minimum Gasteiger partial charge on any atom is -0.497 e. The molecule has 2 aromatic carbocycles. The van der Waals surface area contributed by atoms with Gasteiger partial charge in [-0.3, -0.25) is 4.68 Å². The summed E-state index contributed by atoms with van der Waals surface area (Å²) in [7, 11) is 4.70. The van der Waals surface area contributed by atoms with Crippen molar-refractivity contribution in [3.8, 4) is 17.2 Å². The molecule has 268 valence electrons. The molecule has 0 amide bonds. The quantitative estimate of drug-likeness (QED) is 0.178. The summed E-state index contributed by atoms with van der Waals surface area (Å²) >= 11 is 0. The Hall–Kier alpha value is -4.69. The Morgan fingerprint density at radius 2 is 1.90 bits per heavy atom. The maximum atomic E-state index is 15.1. The van der Waals surface area contributed by atoms with E-state index in [2.05, 4.69) is 16.4 Å². The van der Waals surface area contributed by atoms with Crippen LogP contribution >= 0.6 is 0 Å². The van der Waals surface area contributed by atoms with Crippen molar-refractivity contribution in [2.75, 3.05) is 51.2 Å². The van der Waals surface area contributed by atoms with Gasteiger partial charge in [-0.2, -0.15) is 9.61 Å². The Morgan fingerprint density at radius 1 is 1.02 bits per heavy atom. The smallest absolute Gasteiger partial charge is 0.226 e. The van der Waals surface area contributed by atoms with Gasteiger partial charge >= 0.3 is 0 Å². The Labute approximate surface area is 295 Å². The first-order valence-electron chi connectivity index (χ1n) is 17.9. The van der Waals surface area contributed by atoms with Gasteiger partial charge in [-0.25, -0.2) is 14.4 Å². The lowest BCUT2D eigenvalue weighted by molar-refractivity contribution is -0.251. The molecule has 5 aromatic rings. The van der Waals surface area contributed by atoms with Crippen LogP contribution < -0.4 is 24.4 Å². The van der Waals surface area contributed by atoms with Crippen LogP contribution in [-0.2, 0) is 28.0 Å². The van der Waals surface area contributed by atoms with Gasteiger partial charge in [0.2, 0.25) is 5.95 Å². The predicted molar refractivity (Wildman–Crippen MR) is 187 cm³/mol. The topological polar surface area (TPSA) is 122 Å². The van der Waals surface area contributed by atoms with Crippen molar-refractivity contribution in [2.24, 2.45) is 5.92 Å². The monoisotopic (exact) mass is 698 g/mol. The number of halogens is 1. The van der Waals surface area contributed by atoms with Crippen molar-refractivity contribution >= 4 is 28.2 Å². The number of ether oxygens (including phenoxy) is 5. The predicted octanol–water partition coefficient (Wildman–Crippen LogP) is 5.49. The van der Waals surface area contributed by atoms with E-state index in [1.54, 1.807) is 24.8 Å². The van der Waals surface area contributed by atoms with E-state index in [0.29, 0.717) is 46.5 Å². The Morgan fingerprint density at radius 3 is 2.67 bits per heavy atom. The van der Waals surface area contributed by atoms with Gasteiger partial charge in [-0.1, -0.05) is 0 Å². The van der Waals surface area contributed by atoms with Crippen LogP contribution in [0.3, 0.4) is 0 Å². The summed E-state index contributed by atoms with van der Waals surface area (Å²) in [5.41, 5.74) is 2.68. The molecular formula is C37H43FN8O5. The van der Waals surface area contributed by atoms with Crippen molar-refractivity contribution in [2.45, 2.75) is 75.3 Å². The molecule has 2 saturated heterocycles. The molecular weight excluding hydrogens is 655 g/mol. The number of rotatable bonds is 12. The number of benzene rings is 2. The molecule has 4 fully saturated rings. The van der Waals surface area contributed by atoms with Crippen LogP contribution in [-0.4, -0.2) is 82.3 Å². The molecule has 3 unspecified atom stereocenters. The molecule has 0 radical (unpaired) electrons. The van der Waals surface area contributed by atoms with E-state index < -0.39 is 5.82 Å². The lowest BCUT2D eigenvalue weighted by Crippen LogP contribution is -2.47. The number of fused-ring (bicyclic) bond motifs is 4. The van der Waals surface area contributed by atoms with Crippen molar-refractivity contribution < 1.29 is 28.1 Å². The number of nitrogens with zero attached hydrogens (tertiary/aromatic N) is 7. The highest BCUT2D eigenvalue weighted by atomic mass is 19.1. The molecule has 14 heteroatoms. The maximum absolute atomic E-state index is 15.1. The van der Waals surface area contributed by atoms with Crippen LogP contribution in [0.15, 0.2) is 42.7 Å². The van der Waals surface area contributed by atoms with Crippen molar-refractivity contribution in [1.82, 2.24) is 29.4 Å². The summed E-state index contributed by atoms with van der Waals surface area (Å²) in [6.07, 6.45) is 11.4. The van der Waals surface area contributed by atoms with Crippen molar-refractivity contribution in [1.29, 1.82) is 0 Å². The highest BCUT2D eigenvalue weighted by Gasteiger charge is 2.63. The second-order valence-electron chi connectivity index (χ2n) is 14.4. The van der Waals surface area contributed by atoms with Gasteiger partial charge in [-0.05, 0) is 69.1 Å². The number of methoxy groups -OCH3 is 3. The minimum absolute atomic E-state index is 0.107. The second kappa shape index (κ2) is 12.5. The molecule has 13 nitrogen and oxygen atoms in total. The van der Waals surface area contributed by atoms with Crippen LogP contribution in [0, 0.1) is 11.7 Å². The number of anilines is 2. The van der Waals surface area contributed by atoms with Gasteiger partial charge in [0.1, 0.15) is 11.5 Å². The van der Waals surface area contributed by atoms with Gasteiger partial charge in [-0.15, -0.1) is 5.10 Å². The fourth-order valence-corrected chi connectivity index (χ4v) is 8.15. The SMILES string of the molecule is COc1ccc(CNc2nc3cc(OC)c(F)cc3c3nc(C45CC4CN(c4cnn(CC6(OC7CCCCO7)CCC6)c4)C5)nn23)c(OC)c1. The summed E-state index contributed by atoms with van der Waals surface area (Å²) in [6, 6.07) is 8.71. The molecule has 51 heavy (non-hydrogen) atoms. The van der Waals surface area contributed by atoms with E-state index in [1.165, 1.54) is 19.6 Å². The minimum atomic E-state index is -0.478. The first kappa shape index (κ1) is 32.2. The van der Waals surface area contributed by atoms with E-state index in [-0.39, 0.29) is 23.1 Å². The van der Waals surface area contributed by atoms with E-state index >= 15 is 4.39 Å². The van der Waals surface area contributed by atoms with Crippen molar-refractivity contribution in [3.63, 3.8) is 0 Å². The normalized spacial score (nSPS) is 23.6. The zero-order valence-electron chi connectivity index (χ0n) is 29.2. The summed E-state index contributed by atoms with van der Waals surface area (Å²) in [6.45, 7) is 3.58. The van der Waals surface area contributed by atoms with Gasteiger partial charge in [0, 0.05) is 55.5 Å². The van der Waals surface area contributed by atoms with E-state index in [9.17, 15) is 0 Å². The molecule has 3 aromatic heterocycles. The molecule has 2 saturated carbocycles. The largest absolute Gasteiger partial charge is 0.497 e. The summed E-state index contributed by atoms with van der Waals surface area (Å²) in [5, 5.41) is 13.8. The molecule has 0 bridgehead atoms. The third-order valence-electron chi connectivity index (χ3n) is 11.3. The highest BCUT2D eigenvalue weighted by molar-refractivity contribution is 5.93. The Kier molecular flexibility index (Phi) is 7.91. The Balaban J connectivity index is 0.986. The lowest BCUT2D eigenvalue weighted by atomic mass is 9.80. The van der Waals surface area contributed by atoms with E-state index in [0.717, 1.165) is 81.8 Å².